The Labute approximate surface area is 151 Å². The molecule has 0 atom stereocenters. The summed E-state index contributed by atoms with van der Waals surface area (Å²) in [4.78, 5) is 25.7. The molecule has 2 aromatic carbocycles. The van der Waals surface area contributed by atoms with Gasteiger partial charge in [-0.05, 0) is 30.3 Å². The van der Waals surface area contributed by atoms with Crippen molar-refractivity contribution < 1.29 is 9.59 Å². The first kappa shape index (κ1) is 16.4. The number of imide groups is 1. The van der Waals surface area contributed by atoms with E-state index < -0.39 is 11.8 Å². The summed E-state index contributed by atoms with van der Waals surface area (Å²) in [5, 5.41) is 4.28. The van der Waals surface area contributed by atoms with Gasteiger partial charge >= 0.3 is 0 Å². The van der Waals surface area contributed by atoms with Crippen LogP contribution in [0.25, 0.3) is 0 Å². The number of carbonyl (C=O) groups is 2. The van der Waals surface area contributed by atoms with Gasteiger partial charge in [0, 0.05) is 5.02 Å². The van der Waals surface area contributed by atoms with E-state index in [4.69, 9.17) is 46.4 Å². The Morgan fingerprint density at radius 3 is 1.96 bits per heavy atom. The molecule has 118 valence electrons. The van der Waals surface area contributed by atoms with Crippen LogP contribution in [0, 0.1) is 0 Å². The Morgan fingerprint density at radius 2 is 1.39 bits per heavy atom. The third-order valence-electron chi connectivity index (χ3n) is 3.37. The third-order valence-corrected chi connectivity index (χ3v) is 4.65. The Kier molecular flexibility index (Phi) is 4.43. The number of carbonyl (C=O) groups excluding carboxylic acids is 2. The van der Waals surface area contributed by atoms with Crippen molar-refractivity contribution >= 4 is 63.9 Å². The molecule has 0 radical (unpaired) electrons. The first-order valence-corrected chi connectivity index (χ1v) is 7.94. The van der Waals surface area contributed by atoms with Gasteiger partial charge in [-0.25, -0.2) is 0 Å². The maximum Gasteiger partial charge on any atom is 0.263 e. The Morgan fingerprint density at radius 1 is 0.826 bits per heavy atom. The smallest absolute Gasteiger partial charge is 0.263 e. The summed E-state index contributed by atoms with van der Waals surface area (Å²) in [6.45, 7) is -0.0539. The second-order valence-electron chi connectivity index (χ2n) is 4.81. The second kappa shape index (κ2) is 6.21. The number of benzene rings is 2. The highest BCUT2D eigenvalue weighted by atomic mass is 35.5. The normalized spacial score (nSPS) is 13.5. The Balaban J connectivity index is 1.84. The van der Waals surface area contributed by atoms with Crippen LogP contribution in [0.3, 0.4) is 0 Å². The van der Waals surface area contributed by atoms with Crippen molar-refractivity contribution in [3.63, 3.8) is 0 Å². The molecular formula is C15H8Cl4N2O2. The lowest BCUT2D eigenvalue weighted by Gasteiger charge is -2.16. The largest absolute Gasteiger partial charge is 0.366 e. The van der Waals surface area contributed by atoms with Gasteiger partial charge in [-0.1, -0.05) is 46.4 Å². The average molecular weight is 390 g/mol. The molecule has 1 aliphatic rings. The molecule has 3 rings (SSSR count). The Hall–Kier alpha value is -1.46. The van der Waals surface area contributed by atoms with Gasteiger partial charge in [-0.15, -0.1) is 0 Å². The van der Waals surface area contributed by atoms with Crippen molar-refractivity contribution in [1.82, 2.24) is 4.90 Å². The maximum absolute atomic E-state index is 12.3. The quantitative estimate of drug-likeness (QED) is 0.754. The van der Waals surface area contributed by atoms with Gasteiger partial charge in [-0.3, -0.25) is 14.5 Å². The molecule has 2 amide bonds. The fourth-order valence-electron chi connectivity index (χ4n) is 2.22. The van der Waals surface area contributed by atoms with Gasteiger partial charge < -0.3 is 5.32 Å². The van der Waals surface area contributed by atoms with Crippen molar-refractivity contribution in [2.45, 2.75) is 0 Å². The van der Waals surface area contributed by atoms with Crippen LogP contribution >= 0.6 is 46.4 Å². The van der Waals surface area contributed by atoms with Gasteiger partial charge in [0.1, 0.15) is 0 Å². The zero-order chi connectivity index (χ0) is 16.7. The number of anilines is 1. The summed E-state index contributed by atoms with van der Waals surface area (Å²) >= 11 is 23.7. The molecule has 23 heavy (non-hydrogen) atoms. The number of nitrogens with one attached hydrogen (secondary N) is 1. The zero-order valence-corrected chi connectivity index (χ0v) is 14.4. The van der Waals surface area contributed by atoms with Crippen LogP contribution in [0.15, 0.2) is 30.3 Å². The second-order valence-corrected chi connectivity index (χ2v) is 6.47. The molecule has 0 saturated heterocycles. The molecule has 0 aliphatic carbocycles. The molecule has 0 saturated carbocycles. The standard InChI is InChI=1S/C15H8Cl4N2O2/c16-7-1-2-10(17)13(3-7)20-6-21-14(22)8-4-11(18)12(19)5-9(8)15(21)23/h1-5,20H,6H2. The summed E-state index contributed by atoms with van der Waals surface area (Å²) in [6.07, 6.45) is 0. The van der Waals surface area contributed by atoms with Crippen molar-refractivity contribution in [2.24, 2.45) is 0 Å². The molecule has 0 spiro atoms. The first-order valence-electron chi connectivity index (χ1n) is 6.42. The van der Waals surface area contributed by atoms with Crippen LogP contribution < -0.4 is 5.32 Å². The van der Waals surface area contributed by atoms with Crippen molar-refractivity contribution in [1.29, 1.82) is 0 Å². The van der Waals surface area contributed by atoms with Gasteiger partial charge in [0.25, 0.3) is 11.8 Å². The van der Waals surface area contributed by atoms with Crippen LogP contribution in [-0.2, 0) is 0 Å². The minimum Gasteiger partial charge on any atom is -0.366 e. The van der Waals surface area contributed by atoms with E-state index >= 15 is 0 Å². The molecular weight excluding hydrogens is 382 g/mol. The van der Waals surface area contributed by atoms with E-state index in [1.807, 2.05) is 0 Å². The molecule has 1 N–H and O–H groups in total. The number of halogens is 4. The van der Waals surface area contributed by atoms with E-state index in [2.05, 4.69) is 5.32 Å². The van der Waals surface area contributed by atoms with E-state index in [1.165, 1.54) is 12.1 Å². The predicted molar refractivity (Wildman–Crippen MR) is 91.9 cm³/mol. The average Bonchev–Trinajstić information content (AvgIpc) is 2.73. The molecule has 8 heteroatoms. The predicted octanol–water partition coefficient (Wildman–Crippen LogP) is 4.97. The lowest BCUT2D eigenvalue weighted by atomic mass is 10.1. The van der Waals surface area contributed by atoms with Crippen molar-refractivity contribution in [2.75, 3.05) is 12.0 Å². The lowest BCUT2D eigenvalue weighted by Crippen LogP contribution is -2.34. The highest BCUT2D eigenvalue weighted by molar-refractivity contribution is 6.43. The summed E-state index contributed by atoms with van der Waals surface area (Å²) in [7, 11) is 0. The van der Waals surface area contributed by atoms with Crippen LogP contribution in [-0.4, -0.2) is 23.4 Å². The van der Waals surface area contributed by atoms with E-state index in [0.717, 1.165) is 4.90 Å². The maximum atomic E-state index is 12.3. The molecule has 4 nitrogen and oxygen atoms in total. The zero-order valence-electron chi connectivity index (χ0n) is 11.4. The highest BCUT2D eigenvalue weighted by Crippen LogP contribution is 2.32. The molecule has 1 heterocycles. The van der Waals surface area contributed by atoms with Gasteiger partial charge in [0.15, 0.2) is 0 Å². The minimum absolute atomic E-state index is 0.0539. The van der Waals surface area contributed by atoms with Crippen LogP contribution in [0.1, 0.15) is 20.7 Å². The molecule has 1 aliphatic heterocycles. The number of amides is 2. The monoisotopic (exact) mass is 388 g/mol. The van der Waals surface area contributed by atoms with Crippen molar-refractivity contribution in [3.05, 3.63) is 61.5 Å². The minimum atomic E-state index is -0.450. The van der Waals surface area contributed by atoms with E-state index in [-0.39, 0.29) is 27.8 Å². The van der Waals surface area contributed by atoms with Gasteiger partial charge in [0.2, 0.25) is 0 Å². The first-order chi connectivity index (χ1) is 10.9. The fourth-order valence-corrected chi connectivity index (χ4v) is 2.91. The fraction of sp³-hybridized carbons (Fsp3) is 0.0667. The molecule has 2 aromatic rings. The van der Waals surface area contributed by atoms with Gasteiger partial charge in [0.05, 0.1) is 38.6 Å². The van der Waals surface area contributed by atoms with Crippen LogP contribution in [0.2, 0.25) is 20.1 Å². The van der Waals surface area contributed by atoms with Crippen molar-refractivity contribution in [3.8, 4) is 0 Å². The highest BCUT2D eigenvalue weighted by Gasteiger charge is 2.36. The van der Waals surface area contributed by atoms with E-state index in [1.54, 1.807) is 18.2 Å². The molecule has 0 unspecified atom stereocenters. The number of hydrogen-bond acceptors (Lipinski definition) is 3. The summed E-state index contributed by atoms with van der Waals surface area (Å²) in [5.74, 6) is -0.900. The molecule has 0 fully saturated rings. The lowest BCUT2D eigenvalue weighted by molar-refractivity contribution is 0.0666. The van der Waals surface area contributed by atoms with E-state index in [9.17, 15) is 9.59 Å². The van der Waals surface area contributed by atoms with Crippen LogP contribution in [0.5, 0.6) is 0 Å². The summed E-state index contributed by atoms with van der Waals surface area (Å²) < 4.78 is 0. The molecule has 0 aromatic heterocycles. The number of rotatable bonds is 3. The topological polar surface area (TPSA) is 49.4 Å². The summed E-state index contributed by atoms with van der Waals surface area (Å²) in [5.41, 5.74) is 0.971. The Bertz CT molecular complexity index is 797. The number of nitrogens with zero attached hydrogens (tertiary/aromatic N) is 1. The van der Waals surface area contributed by atoms with E-state index in [0.29, 0.717) is 15.7 Å². The van der Waals surface area contributed by atoms with Gasteiger partial charge in [-0.2, -0.15) is 0 Å². The van der Waals surface area contributed by atoms with Crippen LogP contribution in [0.4, 0.5) is 5.69 Å². The molecule has 0 bridgehead atoms. The third kappa shape index (κ3) is 3.00. The SMILES string of the molecule is O=C1c2cc(Cl)c(Cl)cc2C(=O)N1CNc1cc(Cl)ccc1Cl. The number of fused-ring (bicyclic) bond motifs is 1. The number of hydrogen-bond donors (Lipinski definition) is 1. The summed E-state index contributed by atoms with van der Waals surface area (Å²) in [6, 6.07) is 7.66.